The summed E-state index contributed by atoms with van der Waals surface area (Å²) >= 11 is 7.40. The smallest absolute Gasteiger partial charge is 0.262 e. The van der Waals surface area contributed by atoms with E-state index >= 15 is 0 Å². The zero-order chi connectivity index (χ0) is 17.3. The predicted octanol–water partition coefficient (Wildman–Crippen LogP) is 4.57. The first-order valence-corrected chi connectivity index (χ1v) is 10.4. The van der Waals surface area contributed by atoms with Crippen LogP contribution in [-0.4, -0.2) is 13.0 Å². The third-order valence-corrected chi connectivity index (χ3v) is 6.12. The second-order valence-electron chi connectivity index (χ2n) is 4.99. The Morgan fingerprint density at radius 1 is 1.12 bits per heavy atom. The molecule has 0 aliphatic carbocycles. The van der Waals surface area contributed by atoms with Gasteiger partial charge in [-0.1, -0.05) is 35.9 Å². The lowest BCUT2D eigenvalue weighted by Crippen LogP contribution is -2.10. The highest BCUT2D eigenvalue weighted by Crippen LogP contribution is 2.30. The number of nitrogens with zero attached hydrogens (tertiary/aromatic N) is 2. The number of thiazole rings is 1. The first-order chi connectivity index (χ1) is 11.4. The van der Waals surface area contributed by atoms with E-state index in [-0.39, 0.29) is 9.92 Å². The number of hydrogen-bond acceptors (Lipinski definition) is 4. The third-order valence-electron chi connectivity index (χ3n) is 3.39. The molecule has 3 aromatic rings. The van der Waals surface area contributed by atoms with Gasteiger partial charge in [0.25, 0.3) is 9.05 Å². The summed E-state index contributed by atoms with van der Waals surface area (Å²) in [4.78, 5) is 5.28. The minimum absolute atomic E-state index is 0.0980. The first kappa shape index (κ1) is 17.2. The fourth-order valence-corrected chi connectivity index (χ4v) is 4.61. The number of halogens is 2. The van der Waals surface area contributed by atoms with Gasteiger partial charge in [-0.3, -0.25) is 0 Å². The van der Waals surface area contributed by atoms with E-state index in [1.54, 1.807) is 6.07 Å². The quantitative estimate of drug-likeness (QED) is 0.606. The van der Waals surface area contributed by atoms with Gasteiger partial charge < -0.3 is 4.57 Å². The number of para-hydroxylation sites is 1. The van der Waals surface area contributed by atoms with E-state index in [0.29, 0.717) is 5.56 Å². The molecule has 0 amide bonds. The van der Waals surface area contributed by atoms with E-state index in [1.165, 1.54) is 23.5 Å². The van der Waals surface area contributed by atoms with Gasteiger partial charge in [-0.15, -0.1) is 11.3 Å². The second-order valence-corrected chi connectivity index (χ2v) is 8.77. The van der Waals surface area contributed by atoms with E-state index in [1.807, 2.05) is 47.3 Å². The molecule has 0 saturated heterocycles. The summed E-state index contributed by atoms with van der Waals surface area (Å²) in [6.07, 6.45) is 0. The van der Waals surface area contributed by atoms with Gasteiger partial charge >= 0.3 is 0 Å². The van der Waals surface area contributed by atoms with Gasteiger partial charge in [0.1, 0.15) is 4.90 Å². The Morgan fingerprint density at radius 2 is 1.83 bits per heavy atom. The van der Waals surface area contributed by atoms with Gasteiger partial charge in [-0.05, 0) is 24.3 Å². The molecular weight excluding hydrogens is 387 g/mol. The Hall–Kier alpha value is -1.60. The van der Waals surface area contributed by atoms with Crippen LogP contribution in [-0.2, 0) is 16.1 Å². The summed E-state index contributed by atoms with van der Waals surface area (Å²) in [5, 5.41) is 2.01. The molecule has 2 aromatic carbocycles. The molecule has 0 N–H and O–H groups in total. The largest absolute Gasteiger partial charge is 0.320 e. The summed E-state index contributed by atoms with van der Waals surface area (Å²) in [6.45, 7) is 0. The minimum Gasteiger partial charge on any atom is -0.320 e. The molecule has 24 heavy (non-hydrogen) atoms. The van der Waals surface area contributed by atoms with E-state index < -0.39 is 9.05 Å². The summed E-state index contributed by atoms with van der Waals surface area (Å²) in [7, 11) is 3.41. The van der Waals surface area contributed by atoms with Crippen LogP contribution in [0.2, 0.25) is 5.02 Å². The fraction of sp³-hybridized carbons (Fsp3) is 0.0625. The average molecular weight is 399 g/mol. The summed E-state index contributed by atoms with van der Waals surface area (Å²) in [5.74, 6) is 0. The molecule has 0 bridgehead atoms. The maximum absolute atomic E-state index is 11.6. The van der Waals surface area contributed by atoms with Gasteiger partial charge in [-0.25, -0.2) is 13.4 Å². The minimum atomic E-state index is -3.91. The SMILES string of the molecule is Cn1c(-c2ccc(Cl)c(S(=O)(=O)Cl)c2)csc1=Nc1ccccc1. The van der Waals surface area contributed by atoms with Crippen LogP contribution in [0.15, 0.2) is 63.8 Å². The Kier molecular flexibility index (Phi) is 4.83. The highest BCUT2D eigenvalue weighted by atomic mass is 35.7. The van der Waals surface area contributed by atoms with Crippen molar-refractivity contribution < 1.29 is 8.42 Å². The van der Waals surface area contributed by atoms with Crippen LogP contribution >= 0.6 is 33.6 Å². The molecule has 8 heteroatoms. The van der Waals surface area contributed by atoms with Crippen molar-refractivity contribution in [3.05, 3.63) is 63.7 Å². The van der Waals surface area contributed by atoms with Crippen LogP contribution in [0, 0.1) is 0 Å². The van der Waals surface area contributed by atoms with Crippen molar-refractivity contribution in [1.82, 2.24) is 4.57 Å². The third kappa shape index (κ3) is 3.57. The lowest BCUT2D eigenvalue weighted by molar-refractivity contribution is 0.609. The summed E-state index contributed by atoms with van der Waals surface area (Å²) in [5.41, 5.74) is 2.38. The lowest BCUT2D eigenvalue weighted by atomic mass is 10.2. The van der Waals surface area contributed by atoms with Gasteiger partial charge in [0.05, 0.1) is 16.4 Å². The zero-order valence-electron chi connectivity index (χ0n) is 12.5. The number of aromatic nitrogens is 1. The lowest BCUT2D eigenvalue weighted by Gasteiger charge is -2.06. The van der Waals surface area contributed by atoms with Gasteiger partial charge in [-0.2, -0.15) is 0 Å². The normalized spacial score (nSPS) is 12.5. The number of benzene rings is 2. The molecule has 1 aromatic heterocycles. The molecule has 0 fully saturated rings. The van der Waals surface area contributed by atoms with Crippen molar-refractivity contribution in [3.63, 3.8) is 0 Å². The van der Waals surface area contributed by atoms with E-state index in [9.17, 15) is 8.42 Å². The Balaban J connectivity index is 2.11. The van der Waals surface area contributed by atoms with Crippen molar-refractivity contribution in [3.8, 4) is 11.3 Å². The molecule has 1 heterocycles. The van der Waals surface area contributed by atoms with Crippen LogP contribution < -0.4 is 4.80 Å². The highest BCUT2D eigenvalue weighted by molar-refractivity contribution is 8.13. The Labute approximate surface area is 153 Å². The molecule has 3 rings (SSSR count). The van der Waals surface area contributed by atoms with Crippen LogP contribution in [0.4, 0.5) is 5.69 Å². The van der Waals surface area contributed by atoms with Gasteiger partial charge in [0, 0.05) is 28.7 Å². The predicted molar refractivity (Wildman–Crippen MR) is 98.4 cm³/mol. The summed E-state index contributed by atoms with van der Waals surface area (Å²) < 4.78 is 25.1. The Bertz CT molecular complexity index is 1060. The maximum Gasteiger partial charge on any atom is 0.262 e. The second kappa shape index (κ2) is 6.72. The molecule has 0 radical (unpaired) electrons. The van der Waals surface area contributed by atoms with Crippen LogP contribution in [0.25, 0.3) is 11.3 Å². The van der Waals surface area contributed by atoms with Crippen LogP contribution in [0.5, 0.6) is 0 Å². The molecule has 0 spiro atoms. The average Bonchev–Trinajstić information content (AvgIpc) is 2.89. The Morgan fingerprint density at radius 3 is 2.50 bits per heavy atom. The first-order valence-electron chi connectivity index (χ1n) is 6.85. The van der Waals surface area contributed by atoms with Gasteiger partial charge in [0.2, 0.25) is 0 Å². The molecule has 124 valence electrons. The van der Waals surface area contributed by atoms with Crippen LogP contribution in [0.1, 0.15) is 0 Å². The standard InChI is InChI=1S/C16H12Cl2N2O2S2/c1-20-14(10-23-16(20)19-12-5-3-2-4-6-12)11-7-8-13(17)15(9-11)24(18,21)22/h2-10H,1H3. The molecule has 4 nitrogen and oxygen atoms in total. The molecule has 0 atom stereocenters. The fourth-order valence-electron chi connectivity index (χ4n) is 2.20. The molecule has 0 aliphatic rings. The summed E-state index contributed by atoms with van der Waals surface area (Å²) in [6, 6.07) is 14.4. The van der Waals surface area contributed by atoms with E-state index in [0.717, 1.165) is 16.2 Å². The highest BCUT2D eigenvalue weighted by Gasteiger charge is 2.17. The van der Waals surface area contributed by atoms with Crippen molar-refractivity contribution in [2.75, 3.05) is 0 Å². The van der Waals surface area contributed by atoms with Crippen molar-refractivity contribution in [1.29, 1.82) is 0 Å². The zero-order valence-corrected chi connectivity index (χ0v) is 15.6. The van der Waals surface area contributed by atoms with Crippen molar-refractivity contribution in [2.24, 2.45) is 12.0 Å². The van der Waals surface area contributed by atoms with Crippen LogP contribution in [0.3, 0.4) is 0 Å². The molecule has 0 saturated carbocycles. The van der Waals surface area contributed by atoms with E-state index in [2.05, 4.69) is 4.99 Å². The molecular formula is C16H12Cl2N2O2S2. The molecule has 0 unspecified atom stereocenters. The van der Waals surface area contributed by atoms with Gasteiger partial charge in [0.15, 0.2) is 4.80 Å². The number of hydrogen-bond donors (Lipinski definition) is 0. The number of rotatable bonds is 3. The topological polar surface area (TPSA) is 51.4 Å². The van der Waals surface area contributed by atoms with E-state index in [4.69, 9.17) is 22.3 Å². The molecule has 0 aliphatic heterocycles. The van der Waals surface area contributed by atoms with Crippen molar-refractivity contribution in [2.45, 2.75) is 4.90 Å². The monoisotopic (exact) mass is 398 g/mol. The van der Waals surface area contributed by atoms with Crippen molar-refractivity contribution >= 4 is 48.4 Å². The maximum atomic E-state index is 11.6.